The van der Waals surface area contributed by atoms with E-state index in [2.05, 4.69) is 15.0 Å². The molecule has 1 aromatic carbocycles. The summed E-state index contributed by atoms with van der Waals surface area (Å²) in [5, 5.41) is 0.334. The van der Waals surface area contributed by atoms with Crippen LogP contribution in [0, 0.1) is 11.6 Å². The summed E-state index contributed by atoms with van der Waals surface area (Å²) in [7, 11) is 0. The number of halogens is 5. The van der Waals surface area contributed by atoms with Gasteiger partial charge in [0, 0.05) is 44.0 Å². The molecule has 3 aromatic rings. The number of benzene rings is 1. The van der Waals surface area contributed by atoms with Gasteiger partial charge in [-0.15, -0.1) is 0 Å². The zero-order valence-corrected chi connectivity index (χ0v) is 15.2. The predicted octanol–water partition coefficient (Wildman–Crippen LogP) is 2.98. The molecule has 2 N–H and O–H groups in total. The molecule has 0 spiro atoms. The Morgan fingerprint density at radius 1 is 1.21 bits per heavy atom. The third-order valence-corrected chi connectivity index (χ3v) is 4.88. The summed E-state index contributed by atoms with van der Waals surface area (Å²) in [6, 6.07) is 0.449. The number of alkyl halides is 2. The van der Waals surface area contributed by atoms with E-state index in [-0.39, 0.29) is 36.6 Å². The van der Waals surface area contributed by atoms with Gasteiger partial charge in [-0.3, -0.25) is 0 Å². The number of fused-ring (bicyclic) bond motifs is 1. The summed E-state index contributed by atoms with van der Waals surface area (Å²) in [6.07, 6.45) is 2.31. The molecule has 1 saturated heterocycles. The SMILES string of the molecule is N[C@@H]1CN(c2nc3c(F)cc(F)cc3n2Cc2ncc(Cl)cn2)CCC1(F)F. The lowest BCUT2D eigenvalue weighted by molar-refractivity contribution is -0.0395. The Kier molecular flexibility index (Phi) is 4.62. The van der Waals surface area contributed by atoms with Gasteiger partial charge in [-0.25, -0.2) is 32.5 Å². The fourth-order valence-corrected chi connectivity index (χ4v) is 3.31. The average Bonchev–Trinajstić information content (AvgIpc) is 2.98. The number of hydrogen-bond donors (Lipinski definition) is 1. The van der Waals surface area contributed by atoms with E-state index in [9.17, 15) is 17.6 Å². The lowest BCUT2D eigenvalue weighted by Crippen LogP contribution is -2.55. The second-order valence-corrected chi connectivity index (χ2v) is 7.07. The van der Waals surface area contributed by atoms with E-state index in [1.54, 1.807) is 0 Å². The summed E-state index contributed by atoms with van der Waals surface area (Å²) in [5.74, 6) is -4.11. The largest absolute Gasteiger partial charge is 0.340 e. The standard InChI is InChI=1S/C17H15ClF4N6/c18-9-5-24-14(25-6-9)8-28-12-4-10(19)3-11(20)15(12)26-16(28)27-2-1-17(21,22)13(23)7-27/h3-6,13H,1-2,7-8,23H2/t13-/m1/s1. The smallest absolute Gasteiger partial charge is 0.266 e. The molecule has 6 nitrogen and oxygen atoms in total. The quantitative estimate of drug-likeness (QED) is 0.667. The van der Waals surface area contributed by atoms with Crippen LogP contribution in [0.4, 0.5) is 23.5 Å². The number of hydrogen-bond acceptors (Lipinski definition) is 5. The molecule has 4 rings (SSSR count). The number of rotatable bonds is 3. The highest BCUT2D eigenvalue weighted by atomic mass is 35.5. The molecule has 1 atom stereocenters. The second-order valence-electron chi connectivity index (χ2n) is 6.63. The van der Waals surface area contributed by atoms with Gasteiger partial charge in [-0.2, -0.15) is 0 Å². The first kappa shape index (κ1) is 18.9. The molecular weight excluding hydrogens is 400 g/mol. The Bertz CT molecular complexity index is 1020. The highest BCUT2D eigenvalue weighted by Gasteiger charge is 2.43. The molecule has 1 aliphatic rings. The van der Waals surface area contributed by atoms with E-state index < -0.39 is 30.0 Å². The molecule has 11 heteroatoms. The lowest BCUT2D eigenvalue weighted by atomic mass is 10.0. The van der Waals surface area contributed by atoms with Crippen LogP contribution in [0.1, 0.15) is 12.2 Å². The maximum absolute atomic E-state index is 14.3. The summed E-state index contributed by atoms with van der Waals surface area (Å²) in [4.78, 5) is 13.9. The van der Waals surface area contributed by atoms with Gasteiger partial charge in [-0.1, -0.05) is 11.6 Å². The van der Waals surface area contributed by atoms with Crippen LogP contribution in [0.15, 0.2) is 24.5 Å². The fraction of sp³-hybridized carbons (Fsp3) is 0.353. The van der Waals surface area contributed by atoms with Gasteiger partial charge in [0.15, 0.2) is 5.82 Å². The molecule has 0 aliphatic carbocycles. The third-order valence-electron chi connectivity index (χ3n) is 4.68. The number of imidazole rings is 1. The third kappa shape index (κ3) is 3.37. The fourth-order valence-electron chi connectivity index (χ4n) is 3.21. The van der Waals surface area contributed by atoms with Crippen LogP contribution in [0.2, 0.25) is 5.02 Å². The topological polar surface area (TPSA) is 72.9 Å². The average molecular weight is 415 g/mol. The van der Waals surface area contributed by atoms with E-state index in [1.807, 2.05) is 0 Å². The summed E-state index contributed by atoms with van der Waals surface area (Å²) >= 11 is 5.79. The van der Waals surface area contributed by atoms with Crippen molar-refractivity contribution in [2.24, 2.45) is 5.73 Å². The molecule has 148 valence electrons. The number of aromatic nitrogens is 4. The van der Waals surface area contributed by atoms with Gasteiger partial charge >= 0.3 is 0 Å². The molecule has 2 aromatic heterocycles. The molecule has 3 heterocycles. The summed E-state index contributed by atoms with van der Waals surface area (Å²) in [5.41, 5.74) is 5.70. The predicted molar refractivity (Wildman–Crippen MR) is 95.5 cm³/mol. The van der Waals surface area contributed by atoms with Crippen LogP contribution in [-0.4, -0.2) is 44.6 Å². The zero-order valence-electron chi connectivity index (χ0n) is 14.4. The molecule has 0 amide bonds. The van der Waals surface area contributed by atoms with E-state index in [1.165, 1.54) is 21.9 Å². The van der Waals surface area contributed by atoms with Crippen molar-refractivity contribution in [2.75, 3.05) is 18.0 Å². The van der Waals surface area contributed by atoms with Crippen molar-refractivity contribution in [3.8, 4) is 0 Å². The van der Waals surface area contributed by atoms with Crippen molar-refractivity contribution in [2.45, 2.75) is 24.9 Å². The number of piperidine rings is 1. The van der Waals surface area contributed by atoms with E-state index in [0.29, 0.717) is 10.8 Å². The first-order chi connectivity index (χ1) is 13.2. The van der Waals surface area contributed by atoms with Crippen molar-refractivity contribution < 1.29 is 17.6 Å². The Balaban J connectivity index is 1.81. The van der Waals surface area contributed by atoms with E-state index in [4.69, 9.17) is 17.3 Å². The van der Waals surface area contributed by atoms with Gasteiger partial charge in [0.1, 0.15) is 17.2 Å². The Morgan fingerprint density at radius 2 is 1.93 bits per heavy atom. The maximum atomic E-state index is 14.3. The molecule has 1 aliphatic heterocycles. The summed E-state index contributed by atoms with van der Waals surface area (Å²) < 4.78 is 57.1. The molecule has 1 fully saturated rings. The number of nitrogens with two attached hydrogens (primary N) is 1. The van der Waals surface area contributed by atoms with Crippen molar-refractivity contribution in [1.82, 2.24) is 19.5 Å². The van der Waals surface area contributed by atoms with Gasteiger partial charge < -0.3 is 15.2 Å². The number of anilines is 1. The van der Waals surface area contributed by atoms with Crippen LogP contribution >= 0.6 is 11.6 Å². The van der Waals surface area contributed by atoms with Crippen molar-refractivity contribution in [3.63, 3.8) is 0 Å². The zero-order chi connectivity index (χ0) is 20.1. The van der Waals surface area contributed by atoms with E-state index in [0.717, 1.165) is 12.1 Å². The monoisotopic (exact) mass is 414 g/mol. The van der Waals surface area contributed by atoms with Gasteiger partial charge in [0.2, 0.25) is 5.95 Å². The van der Waals surface area contributed by atoms with Crippen LogP contribution in [0.25, 0.3) is 11.0 Å². The van der Waals surface area contributed by atoms with Crippen LogP contribution in [0.3, 0.4) is 0 Å². The Labute approximate surface area is 161 Å². The van der Waals surface area contributed by atoms with Gasteiger partial charge in [-0.05, 0) is 0 Å². The first-order valence-electron chi connectivity index (χ1n) is 8.44. The molecular formula is C17H15ClF4N6. The minimum Gasteiger partial charge on any atom is -0.340 e. The first-order valence-corrected chi connectivity index (χ1v) is 8.82. The Morgan fingerprint density at radius 3 is 2.61 bits per heavy atom. The van der Waals surface area contributed by atoms with E-state index >= 15 is 0 Å². The van der Waals surface area contributed by atoms with Gasteiger partial charge in [0.05, 0.1) is 23.1 Å². The minimum atomic E-state index is -3.00. The minimum absolute atomic E-state index is 0.0219. The highest BCUT2D eigenvalue weighted by molar-refractivity contribution is 6.30. The molecule has 0 saturated carbocycles. The van der Waals surface area contributed by atoms with Crippen molar-refractivity contribution in [3.05, 3.63) is 47.0 Å². The summed E-state index contributed by atoms with van der Waals surface area (Å²) in [6.45, 7) is -0.189. The molecule has 0 radical (unpaired) electrons. The van der Waals surface area contributed by atoms with Crippen LogP contribution in [0.5, 0.6) is 0 Å². The lowest BCUT2D eigenvalue weighted by Gasteiger charge is -2.37. The number of nitrogens with zero attached hydrogens (tertiary/aromatic N) is 5. The second kappa shape index (κ2) is 6.85. The van der Waals surface area contributed by atoms with Gasteiger partial charge in [0.25, 0.3) is 5.92 Å². The van der Waals surface area contributed by atoms with Crippen molar-refractivity contribution >= 4 is 28.6 Å². The van der Waals surface area contributed by atoms with Crippen molar-refractivity contribution in [1.29, 1.82) is 0 Å². The molecule has 0 bridgehead atoms. The highest BCUT2D eigenvalue weighted by Crippen LogP contribution is 2.32. The van der Waals surface area contributed by atoms with Crippen LogP contribution < -0.4 is 10.6 Å². The molecule has 0 unspecified atom stereocenters. The normalized spacial score (nSPS) is 19.4. The molecule has 28 heavy (non-hydrogen) atoms. The van der Waals surface area contributed by atoms with Crippen LogP contribution in [-0.2, 0) is 6.54 Å². The maximum Gasteiger partial charge on any atom is 0.266 e. The Hall–Kier alpha value is -2.46.